The highest BCUT2D eigenvalue weighted by Gasteiger charge is 2.40. The highest BCUT2D eigenvalue weighted by molar-refractivity contribution is 5.55. The number of allylic oxidation sites excluding steroid dienone is 9. The summed E-state index contributed by atoms with van der Waals surface area (Å²) in [6.07, 6.45) is 12.5. The van der Waals surface area contributed by atoms with E-state index in [0.29, 0.717) is 17.5 Å². The van der Waals surface area contributed by atoms with Gasteiger partial charge in [-0.2, -0.15) is 5.26 Å². The van der Waals surface area contributed by atoms with Crippen LogP contribution in [0.4, 0.5) is 0 Å². The number of rotatable bonds is 5. The number of fused-ring (bicyclic) bond motifs is 1. The van der Waals surface area contributed by atoms with Crippen molar-refractivity contribution in [1.29, 1.82) is 5.26 Å². The van der Waals surface area contributed by atoms with Gasteiger partial charge < -0.3 is 16.0 Å². The summed E-state index contributed by atoms with van der Waals surface area (Å²) in [5, 5.41) is 19.3. The SMILES string of the molecule is C=C(C#N)/C=C\C=C(/C)C1=CC2(C)C(=CNCC2C)C(NC2CNC2)=C1. The first-order valence-corrected chi connectivity index (χ1v) is 9.24. The van der Waals surface area contributed by atoms with Crippen LogP contribution in [0.2, 0.25) is 0 Å². The Morgan fingerprint density at radius 3 is 2.85 bits per heavy atom. The van der Waals surface area contributed by atoms with Crippen molar-refractivity contribution in [3.8, 4) is 6.07 Å². The molecule has 3 rings (SSSR count). The van der Waals surface area contributed by atoms with Crippen LogP contribution < -0.4 is 16.0 Å². The smallest absolute Gasteiger partial charge is 0.0985 e. The highest BCUT2D eigenvalue weighted by atomic mass is 15.1. The van der Waals surface area contributed by atoms with E-state index in [0.717, 1.165) is 19.6 Å². The molecule has 0 aromatic rings. The van der Waals surface area contributed by atoms with Crippen LogP contribution in [-0.4, -0.2) is 25.7 Å². The van der Waals surface area contributed by atoms with Crippen LogP contribution in [0.1, 0.15) is 20.8 Å². The van der Waals surface area contributed by atoms with Crippen molar-refractivity contribution in [2.24, 2.45) is 11.3 Å². The monoisotopic (exact) mass is 348 g/mol. The molecule has 0 aromatic heterocycles. The lowest BCUT2D eigenvalue weighted by Gasteiger charge is -2.44. The van der Waals surface area contributed by atoms with Crippen molar-refractivity contribution in [3.05, 3.63) is 71.1 Å². The van der Waals surface area contributed by atoms with Gasteiger partial charge in [0.2, 0.25) is 0 Å². The third-order valence-electron chi connectivity index (χ3n) is 5.70. The molecule has 4 heteroatoms. The Bertz CT molecular complexity index is 783. The first kappa shape index (κ1) is 18.3. The van der Waals surface area contributed by atoms with E-state index in [9.17, 15) is 0 Å². The zero-order valence-corrected chi connectivity index (χ0v) is 15.9. The fraction of sp³-hybridized carbons (Fsp3) is 0.409. The van der Waals surface area contributed by atoms with Crippen molar-refractivity contribution < 1.29 is 0 Å². The Labute approximate surface area is 156 Å². The minimum Gasteiger partial charge on any atom is -0.390 e. The number of nitrogens with zero attached hydrogens (tertiary/aromatic N) is 1. The quantitative estimate of drug-likeness (QED) is 0.528. The molecule has 3 aliphatic rings. The summed E-state index contributed by atoms with van der Waals surface area (Å²) in [6.45, 7) is 13.4. The average Bonchev–Trinajstić information content (AvgIpc) is 2.58. The van der Waals surface area contributed by atoms with Gasteiger partial charge in [0.1, 0.15) is 0 Å². The largest absolute Gasteiger partial charge is 0.390 e. The zero-order chi connectivity index (χ0) is 18.7. The molecule has 136 valence electrons. The maximum Gasteiger partial charge on any atom is 0.0985 e. The van der Waals surface area contributed by atoms with Crippen LogP contribution in [0.3, 0.4) is 0 Å². The number of hydrogen-bond acceptors (Lipinski definition) is 4. The first-order chi connectivity index (χ1) is 12.4. The number of hydrogen-bond donors (Lipinski definition) is 3. The van der Waals surface area contributed by atoms with E-state index in [1.807, 2.05) is 12.1 Å². The fourth-order valence-electron chi connectivity index (χ4n) is 3.56. The molecule has 1 saturated heterocycles. The van der Waals surface area contributed by atoms with Crippen LogP contribution in [0, 0.1) is 22.7 Å². The van der Waals surface area contributed by atoms with Crippen LogP contribution >= 0.6 is 0 Å². The second-order valence-electron chi connectivity index (χ2n) is 7.65. The van der Waals surface area contributed by atoms with E-state index >= 15 is 0 Å². The zero-order valence-electron chi connectivity index (χ0n) is 15.9. The molecule has 2 atom stereocenters. The van der Waals surface area contributed by atoms with Gasteiger partial charge in [-0.1, -0.05) is 38.7 Å². The fourth-order valence-corrected chi connectivity index (χ4v) is 3.56. The summed E-state index contributed by atoms with van der Waals surface area (Å²) in [5.74, 6) is 0.504. The van der Waals surface area contributed by atoms with Crippen LogP contribution in [-0.2, 0) is 0 Å². The van der Waals surface area contributed by atoms with Gasteiger partial charge >= 0.3 is 0 Å². The lowest BCUT2D eigenvalue weighted by atomic mass is 9.66. The van der Waals surface area contributed by atoms with E-state index < -0.39 is 0 Å². The summed E-state index contributed by atoms with van der Waals surface area (Å²) >= 11 is 0. The lowest BCUT2D eigenvalue weighted by Crippen LogP contribution is -2.56. The predicted octanol–water partition coefficient (Wildman–Crippen LogP) is 3.08. The Kier molecular flexibility index (Phi) is 5.20. The van der Waals surface area contributed by atoms with E-state index in [-0.39, 0.29) is 5.41 Å². The number of nitriles is 1. The topological polar surface area (TPSA) is 59.9 Å². The van der Waals surface area contributed by atoms with Gasteiger partial charge in [0.05, 0.1) is 12.1 Å². The predicted molar refractivity (Wildman–Crippen MR) is 107 cm³/mol. The molecule has 0 aromatic carbocycles. The van der Waals surface area contributed by atoms with Crippen molar-refractivity contribution >= 4 is 0 Å². The minimum absolute atomic E-state index is 0.00388. The van der Waals surface area contributed by atoms with E-state index in [1.165, 1.54) is 22.4 Å². The van der Waals surface area contributed by atoms with E-state index in [1.54, 1.807) is 6.08 Å². The third kappa shape index (κ3) is 3.54. The number of nitrogens with one attached hydrogen (secondary N) is 3. The molecule has 0 radical (unpaired) electrons. The maximum atomic E-state index is 8.82. The van der Waals surface area contributed by atoms with Gasteiger partial charge in [-0.3, -0.25) is 0 Å². The summed E-state index contributed by atoms with van der Waals surface area (Å²) in [4.78, 5) is 0. The normalized spacial score (nSPS) is 28.8. The lowest BCUT2D eigenvalue weighted by molar-refractivity contribution is 0.298. The molecule has 0 spiro atoms. The molecule has 0 amide bonds. The van der Waals surface area contributed by atoms with Crippen molar-refractivity contribution in [2.45, 2.75) is 26.8 Å². The second kappa shape index (κ2) is 7.39. The van der Waals surface area contributed by atoms with Crippen molar-refractivity contribution in [3.63, 3.8) is 0 Å². The summed E-state index contributed by atoms with van der Waals surface area (Å²) in [5.41, 5.74) is 5.45. The second-order valence-corrected chi connectivity index (χ2v) is 7.65. The summed E-state index contributed by atoms with van der Waals surface area (Å²) in [7, 11) is 0. The maximum absolute atomic E-state index is 8.82. The molecule has 4 nitrogen and oxygen atoms in total. The van der Waals surface area contributed by atoms with Gasteiger partial charge in [0.25, 0.3) is 0 Å². The molecule has 26 heavy (non-hydrogen) atoms. The average molecular weight is 348 g/mol. The molecule has 1 fully saturated rings. The molecule has 2 unspecified atom stereocenters. The van der Waals surface area contributed by atoms with Gasteiger partial charge in [0, 0.05) is 48.1 Å². The summed E-state index contributed by atoms with van der Waals surface area (Å²) in [6, 6.07) is 2.53. The molecule has 0 saturated carbocycles. The van der Waals surface area contributed by atoms with Gasteiger partial charge in [0.15, 0.2) is 0 Å². The Balaban J connectivity index is 1.93. The van der Waals surface area contributed by atoms with E-state index in [4.69, 9.17) is 5.26 Å². The molecular formula is C22H28N4. The third-order valence-corrected chi connectivity index (χ3v) is 5.70. The van der Waals surface area contributed by atoms with Gasteiger partial charge in [-0.05, 0) is 36.1 Å². The highest BCUT2D eigenvalue weighted by Crippen LogP contribution is 2.46. The minimum atomic E-state index is 0.00388. The van der Waals surface area contributed by atoms with Crippen LogP contribution in [0.15, 0.2) is 71.1 Å². The molecule has 3 N–H and O–H groups in total. The molecule has 2 aliphatic heterocycles. The Morgan fingerprint density at radius 2 is 2.19 bits per heavy atom. The van der Waals surface area contributed by atoms with Gasteiger partial charge in [-0.25, -0.2) is 0 Å². The Morgan fingerprint density at radius 1 is 1.42 bits per heavy atom. The van der Waals surface area contributed by atoms with Crippen LogP contribution in [0.5, 0.6) is 0 Å². The molecule has 0 bridgehead atoms. The standard InChI is InChI=1S/C22H28N4/c1-15(10-23)6-5-7-16(2)18-8-21(26-19-12-25-13-19)20-14-24-11-17(3)22(20,4)9-18/h5-9,14,17,19,24-26H,1,11-13H2,2-4H3/b6-5-,16-7+. The molecule has 2 heterocycles. The van der Waals surface area contributed by atoms with E-state index in [2.05, 4.69) is 67.7 Å². The van der Waals surface area contributed by atoms with Crippen molar-refractivity contribution in [2.75, 3.05) is 19.6 Å². The summed E-state index contributed by atoms with van der Waals surface area (Å²) < 4.78 is 0. The van der Waals surface area contributed by atoms with Gasteiger partial charge in [-0.15, -0.1) is 0 Å². The molecule has 1 aliphatic carbocycles. The Hall–Kier alpha value is -2.51. The van der Waals surface area contributed by atoms with Crippen molar-refractivity contribution in [1.82, 2.24) is 16.0 Å². The van der Waals surface area contributed by atoms with Crippen LogP contribution in [0.25, 0.3) is 0 Å². The molecular weight excluding hydrogens is 320 g/mol. The first-order valence-electron chi connectivity index (χ1n) is 9.24.